The van der Waals surface area contributed by atoms with Crippen LogP contribution in [-0.4, -0.2) is 57.9 Å². The summed E-state index contributed by atoms with van der Waals surface area (Å²) in [7, 11) is -2.89. The van der Waals surface area contributed by atoms with Crippen molar-refractivity contribution >= 4 is 16.0 Å². The van der Waals surface area contributed by atoms with Crippen LogP contribution >= 0.6 is 0 Å². The lowest BCUT2D eigenvalue weighted by atomic mass is 10.1. The van der Waals surface area contributed by atoms with E-state index >= 15 is 0 Å². The Hall–Kier alpha value is -1.55. The topological polar surface area (TPSA) is 82.1 Å². The summed E-state index contributed by atoms with van der Waals surface area (Å²) >= 11 is 0. The number of hydrogen-bond donors (Lipinski definition) is 0. The summed E-state index contributed by atoms with van der Waals surface area (Å²) in [4.78, 5) is 11.0. The van der Waals surface area contributed by atoms with Crippen LogP contribution in [0.5, 0.6) is 0 Å². The number of benzene rings is 1. The number of methoxy groups -OCH3 is 1. The van der Waals surface area contributed by atoms with Gasteiger partial charge in [0.25, 0.3) is 0 Å². The summed E-state index contributed by atoms with van der Waals surface area (Å²) in [5.74, 6) is -2.36. The molecule has 0 saturated carbocycles. The monoisotopic (exact) mass is 359 g/mol. The molecule has 132 valence electrons. The van der Waals surface area contributed by atoms with Crippen LogP contribution in [0.25, 0.3) is 0 Å². The average Bonchev–Trinajstić information content (AvgIpc) is 3.03. The summed E-state index contributed by atoms with van der Waals surface area (Å²) in [6.07, 6.45) is 0.759. The minimum absolute atomic E-state index is 0.0200. The highest BCUT2D eigenvalue weighted by Gasteiger charge is 2.43. The zero-order valence-corrected chi connectivity index (χ0v) is 14.0. The molecule has 3 rings (SSSR count). The number of halogens is 1. The van der Waals surface area contributed by atoms with Gasteiger partial charge < -0.3 is 14.2 Å². The number of hydrogen-bond acceptors (Lipinski definition) is 6. The maximum Gasteiger partial charge on any atom is 0.337 e. The summed E-state index contributed by atoms with van der Waals surface area (Å²) in [5, 5.41) is 0. The third kappa shape index (κ3) is 3.04. The molecule has 2 aliphatic heterocycles. The van der Waals surface area contributed by atoms with E-state index in [1.54, 1.807) is 0 Å². The van der Waals surface area contributed by atoms with Crippen molar-refractivity contribution in [1.29, 1.82) is 0 Å². The minimum atomic E-state index is -4.06. The Labute approximate surface area is 139 Å². The number of nitrogens with zero attached hydrogens (tertiary/aromatic N) is 1. The molecule has 0 radical (unpaired) electrons. The number of esters is 1. The van der Waals surface area contributed by atoms with E-state index in [4.69, 9.17) is 9.47 Å². The first-order chi connectivity index (χ1) is 11.4. The third-order valence-electron chi connectivity index (χ3n) is 4.27. The Bertz CT molecular complexity index is 734. The highest BCUT2D eigenvalue weighted by molar-refractivity contribution is 7.89. The average molecular weight is 359 g/mol. The van der Waals surface area contributed by atoms with E-state index in [-0.39, 0.29) is 18.7 Å². The SMILES string of the molecule is COC(=O)c1ccc(F)c(S(=O)(=O)N2CCC3(CC2)OCCO3)c1. The van der Waals surface area contributed by atoms with Gasteiger partial charge in [0.05, 0.1) is 25.9 Å². The minimum Gasteiger partial charge on any atom is -0.465 e. The van der Waals surface area contributed by atoms with Crippen LogP contribution in [0, 0.1) is 5.82 Å². The molecule has 0 bridgehead atoms. The summed E-state index contributed by atoms with van der Waals surface area (Å²) in [6, 6.07) is 3.14. The van der Waals surface area contributed by atoms with Crippen LogP contribution in [0.3, 0.4) is 0 Å². The zero-order chi connectivity index (χ0) is 17.4. The molecule has 0 atom stereocenters. The first kappa shape index (κ1) is 17.3. The third-order valence-corrected chi connectivity index (χ3v) is 6.18. The molecule has 2 fully saturated rings. The molecular formula is C15H18FNO6S. The van der Waals surface area contributed by atoms with Crippen molar-refractivity contribution in [2.45, 2.75) is 23.5 Å². The Balaban J connectivity index is 1.84. The largest absolute Gasteiger partial charge is 0.465 e. The number of sulfonamides is 1. The maximum absolute atomic E-state index is 14.1. The van der Waals surface area contributed by atoms with E-state index in [2.05, 4.69) is 4.74 Å². The van der Waals surface area contributed by atoms with E-state index in [1.807, 2.05) is 0 Å². The molecule has 0 aromatic heterocycles. The molecule has 24 heavy (non-hydrogen) atoms. The van der Waals surface area contributed by atoms with Gasteiger partial charge in [-0.25, -0.2) is 17.6 Å². The molecule has 0 unspecified atom stereocenters. The van der Waals surface area contributed by atoms with Crippen LogP contribution in [0.1, 0.15) is 23.2 Å². The second-order valence-electron chi connectivity index (χ2n) is 5.65. The van der Waals surface area contributed by atoms with Crippen LogP contribution < -0.4 is 0 Å². The van der Waals surface area contributed by atoms with Gasteiger partial charge in [-0.3, -0.25) is 0 Å². The predicted molar refractivity (Wildman–Crippen MR) is 80.4 cm³/mol. The highest BCUT2D eigenvalue weighted by atomic mass is 32.2. The van der Waals surface area contributed by atoms with Crippen molar-refractivity contribution in [1.82, 2.24) is 4.31 Å². The normalized spacial score (nSPS) is 21.1. The fourth-order valence-corrected chi connectivity index (χ4v) is 4.47. The molecular weight excluding hydrogens is 341 g/mol. The molecule has 0 aliphatic carbocycles. The van der Waals surface area contributed by atoms with Crippen molar-refractivity contribution in [3.8, 4) is 0 Å². The highest BCUT2D eigenvalue weighted by Crippen LogP contribution is 2.33. The van der Waals surface area contributed by atoms with Crippen molar-refractivity contribution < 1.29 is 31.8 Å². The molecule has 1 spiro atoms. The summed E-state index contributed by atoms with van der Waals surface area (Å²) in [5.41, 5.74) is -0.0200. The van der Waals surface area contributed by atoms with Gasteiger partial charge in [-0.05, 0) is 18.2 Å². The second-order valence-corrected chi connectivity index (χ2v) is 7.55. The molecule has 0 N–H and O–H groups in total. The molecule has 9 heteroatoms. The lowest BCUT2D eigenvalue weighted by Crippen LogP contribution is -2.47. The lowest BCUT2D eigenvalue weighted by molar-refractivity contribution is -0.179. The predicted octanol–water partition coefficient (Wildman–Crippen LogP) is 1.14. The quantitative estimate of drug-likeness (QED) is 0.753. The van der Waals surface area contributed by atoms with E-state index < -0.39 is 32.5 Å². The van der Waals surface area contributed by atoms with Crippen molar-refractivity contribution in [3.63, 3.8) is 0 Å². The van der Waals surface area contributed by atoms with Crippen LogP contribution in [0.15, 0.2) is 23.1 Å². The second kappa shape index (κ2) is 6.40. The fourth-order valence-electron chi connectivity index (χ4n) is 2.94. The van der Waals surface area contributed by atoms with Crippen LogP contribution in [0.4, 0.5) is 4.39 Å². The van der Waals surface area contributed by atoms with Gasteiger partial charge in [0.1, 0.15) is 10.7 Å². The molecule has 7 nitrogen and oxygen atoms in total. The summed E-state index contributed by atoms with van der Waals surface area (Å²) < 4.78 is 56.4. The van der Waals surface area contributed by atoms with Gasteiger partial charge in [-0.2, -0.15) is 4.31 Å². The first-order valence-electron chi connectivity index (χ1n) is 7.54. The zero-order valence-electron chi connectivity index (χ0n) is 13.2. The van der Waals surface area contributed by atoms with Crippen molar-refractivity contribution in [2.24, 2.45) is 0 Å². The van der Waals surface area contributed by atoms with Gasteiger partial charge >= 0.3 is 5.97 Å². The number of ether oxygens (including phenoxy) is 3. The molecule has 1 aromatic rings. The van der Waals surface area contributed by atoms with Gasteiger partial charge in [-0.1, -0.05) is 0 Å². The molecule has 2 saturated heterocycles. The Kier molecular flexibility index (Phi) is 4.60. The van der Waals surface area contributed by atoms with E-state index in [0.717, 1.165) is 12.1 Å². The van der Waals surface area contributed by atoms with Gasteiger partial charge in [0.2, 0.25) is 10.0 Å². The lowest BCUT2D eigenvalue weighted by Gasteiger charge is -2.36. The van der Waals surface area contributed by atoms with Gasteiger partial charge in [-0.15, -0.1) is 0 Å². The number of carbonyl (C=O) groups is 1. The standard InChI is InChI=1S/C15H18FNO6S/c1-21-14(18)11-2-3-12(16)13(10-11)24(19,20)17-6-4-15(5-7-17)22-8-9-23-15/h2-3,10H,4-9H2,1H3. The Morgan fingerprint density at radius 3 is 2.46 bits per heavy atom. The Morgan fingerprint density at radius 1 is 1.25 bits per heavy atom. The van der Waals surface area contributed by atoms with E-state index in [0.29, 0.717) is 26.1 Å². The van der Waals surface area contributed by atoms with E-state index in [9.17, 15) is 17.6 Å². The number of piperidine rings is 1. The van der Waals surface area contributed by atoms with Gasteiger partial charge in [0, 0.05) is 25.9 Å². The molecule has 2 heterocycles. The smallest absolute Gasteiger partial charge is 0.337 e. The molecule has 2 aliphatic rings. The molecule has 1 aromatic carbocycles. The van der Waals surface area contributed by atoms with E-state index in [1.165, 1.54) is 17.5 Å². The van der Waals surface area contributed by atoms with Crippen LogP contribution in [-0.2, 0) is 24.2 Å². The first-order valence-corrected chi connectivity index (χ1v) is 8.98. The fraction of sp³-hybridized carbons (Fsp3) is 0.533. The Morgan fingerprint density at radius 2 is 1.88 bits per heavy atom. The van der Waals surface area contributed by atoms with Crippen molar-refractivity contribution in [2.75, 3.05) is 33.4 Å². The van der Waals surface area contributed by atoms with Crippen molar-refractivity contribution in [3.05, 3.63) is 29.6 Å². The molecule has 0 amide bonds. The van der Waals surface area contributed by atoms with Gasteiger partial charge in [0.15, 0.2) is 5.79 Å². The maximum atomic E-state index is 14.1. The van der Waals surface area contributed by atoms with Crippen LogP contribution in [0.2, 0.25) is 0 Å². The number of carbonyl (C=O) groups excluding carboxylic acids is 1. The number of rotatable bonds is 3. The summed E-state index contributed by atoms with van der Waals surface area (Å²) in [6.45, 7) is 1.29.